The van der Waals surface area contributed by atoms with E-state index in [1.165, 1.54) is 18.2 Å². The smallest absolute Gasteiger partial charge is 0.258 e. The fraction of sp³-hybridized carbons (Fsp3) is 0.533. The number of piperidine rings is 1. The highest BCUT2D eigenvalue weighted by Crippen LogP contribution is 2.32. The molecule has 21 heavy (non-hydrogen) atoms. The molecule has 2 aliphatic heterocycles. The molecule has 1 aromatic carbocycles. The molecular formula is C15H17ClFNO3. The highest BCUT2D eigenvalue weighted by Gasteiger charge is 2.40. The second kappa shape index (κ2) is 5.91. The Hall–Kier alpha value is -1.17. The lowest BCUT2D eigenvalue weighted by Crippen LogP contribution is -2.51. The molecule has 0 bridgehead atoms. The number of carbonyl (C=O) groups excluding carboxylic acids is 1. The van der Waals surface area contributed by atoms with Crippen LogP contribution in [0.3, 0.4) is 0 Å². The molecule has 2 fully saturated rings. The molecule has 6 heteroatoms. The summed E-state index contributed by atoms with van der Waals surface area (Å²) in [6, 6.07) is 4.26. The zero-order chi connectivity index (χ0) is 14.9. The lowest BCUT2D eigenvalue weighted by atomic mass is 10.0. The second-order valence-corrected chi connectivity index (χ2v) is 5.76. The van der Waals surface area contributed by atoms with Gasteiger partial charge < -0.3 is 14.4 Å². The quantitative estimate of drug-likeness (QED) is 0.800. The van der Waals surface area contributed by atoms with E-state index < -0.39 is 11.6 Å². The fourth-order valence-electron chi connectivity index (χ4n) is 2.82. The standard InChI is InChI=1S/C15H17ClFNO3/c16-11-3-1-4-12(17)13(11)14(19)18-7-5-15(6-8-18)20-9-2-10-21-15/h1,3-4H,2,5-10H2. The number of carbonyl (C=O) groups is 1. The topological polar surface area (TPSA) is 38.8 Å². The fourth-order valence-corrected chi connectivity index (χ4v) is 3.06. The molecule has 0 saturated carbocycles. The Morgan fingerprint density at radius 1 is 1.24 bits per heavy atom. The Balaban J connectivity index is 1.70. The highest BCUT2D eigenvalue weighted by atomic mass is 35.5. The lowest BCUT2D eigenvalue weighted by molar-refractivity contribution is -0.281. The van der Waals surface area contributed by atoms with E-state index in [-0.39, 0.29) is 16.5 Å². The van der Waals surface area contributed by atoms with Crippen LogP contribution in [0.5, 0.6) is 0 Å². The van der Waals surface area contributed by atoms with E-state index >= 15 is 0 Å². The number of likely N-dealkylation sites (tertiary alicyclic amines) is 1. The van der Waals surface area contributed by atoms with Crippen molar-refractivity contribution >= 4 is 17.5 Å². The molecule has 2 saturated heterocycles. The zero-order valence-electron chi connectivity index (χ0n) is 11.6. The van der Waals surface area contributed by atoms with Crippen molar-refractivity contribution in [2.24, 2.45) is 0 Å². The first-order valence-corrected chi connectivity index (χ1v) is 7.50. The van der Waals surface area contributed by atoms with E-state index in [2.05, 4.69) is 0 Å². The van der Waals surface area contributed by atoms with Gasteiger partial charge in [-0.05, 0) is 18.6 Å². The number of rotatable bonds is 1. The van der Waals surface area contributed by atoms with Crippen molar-refractivity contribution in [1.29, 1.82) is 0 Å². The van der Waals surface area contributed by atoms with Gasteiger partial charge in [0.05, 0.1) is 23.8 Å². The minimum absolute atomic E-state index is 0.0550. The maximum Gasteiger partial charge on any atom is 0.258 e. The molecule has 0 aliphatic carbocycles. The van der Waals surface area contributed by atoms with Crippen molar-refractivity contribution in [2.75, 3.05) is 26.3 Å². The number of hydrogen-bond donors (Lipinski definition) is 0. The first-order valence-electron chi connectivity index (χ1n) is 7.12. The van der Waals surface area contributed by atoms with Gasteiger partial charge in [-0.15, -0.1) is 0 Å². The van der Waals surface area contributed by atoms with Crippen LogP contribution in [0.1, 0.15) is 29.6 Å². The minimum Gasteiger partial charge on any atom is -0.350 e. The largest absolute Gasteiger partial charge is 0.350 e. The van der Waals surface area contributed by atoms with Crippen molar-refractivity contribution in [2.45, 2.75) is 25.0 Å². The first kappa shape index (κ1) is 14.8. The molecule has 1 aromatic rings. The Morgan fingerprint density at radius 3 is 2.52 bits per heavy atom. The van der Waals surface area contributed by atoms with Gasteiger partial charge in [0.1, 0.15) is 5.82 Å². The van der Waals surface area contributed by atoms with Crippen molar-refractivity contribution in [3.63, 3.8) is 0 Å². The van der Waals surface area contributed by atoms with Crippen LogP contribution in [0.15, 0.2) is 18.2 Å². The summed E-state index contributed by atoms with van der Waals surface area (Å²) in [6.07, 6.45) is 2.10. The zero-order valence-corrected chi connectivity index (χ0v) is 12.4. The summed E-state index contributed by atoms with van der Waals surface area (Å²) in [5, 5.41) is 0.144. The Kier molecular flexibility index (Phi) is 4.15. The third-order valence-corrected chi connectivity index (χ3v) is 4.32. The first-order chi connectivity index (χ1) is 10.1. The molecule has 114 valence electrons. The SMILES string of the molecule is O=C(c1c(F)cccc1Cl)N1CCC2(CC1)OCCCO2. The number of benzene rings is 1. The summed E-state index contributed by atoms with van der Waals surface area (Å²) in [6.45, 7) is 2.33. The van der Waals surface area contributed by atoms with Crippen molar-refractivity contribution in [1.82, 2.24) is 4.90 Å². The van der Waals surface area contributed by atoms with Crippen LogP contribution in [0, 0.1) is 5.82 Å². The van der Waals surface area contributed by atoms with Crippen LogP contribution in [-0.4, -0.2) is 42.9 Å². The van der Waals surface area contributed by atoms with E-state index in [9.17, 15) is 9.18 Å². The van der Waals surface area contributed by atoms with Crippen LogP contribution < -0.4 is 0 Å². The molecule has 0 unspecified atom stereocenters. The van der Waals surface area contributed by atoms with Gasteiger partial charge >= 0.3 is 0 Å². The summed E-state index contributed by atoms with van der Waals surface area (Å²) >= 11 is 5.95. The van der Waals surface area contributed by atoms with Gasteiger partial charge in [0, 0.05) is 25.9 Å². The van der Waals surface area contributed by atoms with E-state index in [1.807, 2.05) is 0 Å². The summed E-state index contributed by atoms with van der Waals surface area (Å²) < 4.78 is 25.3. The normalized spacial score (nSPS) is 21.5. The highest BCUT2D eigenvalue weighted by molar-refractivity contribution is 6.33. The number of halogens is 2. The average molecular weight is 314 g/mol. The molecule has 1 amide bonds. The molecule has 0 aromatic heterocycles. The van der Waals surface area contributed by atoms with Crippen molar-refractivity contribution in [3.05, 3.63) is 34.6 Å². The number of amides is 1. The van der Waals surface area contributed by atoms with Gasteiger partial charge in [-0.1, -0.05) is 17.7 Å². The van der Waals surface area contributed by atoms with Crippen molar-refractivity contribution < 1.29 is 18.7 Å². The van der Waals surface area contributed by atoms with Gasteiger partial charge in [0.15, 0.2) is 5.79 Å². The summed E-state index contributed by atoms with van der Waals surface area (Å²) in [7, 11) is 0. The lowest BCUT2D eigenvalue weighted by Gasteiger charge is -2.43. The summed E-state index contributed by atoms with van der Waals surface area (Å²) in [5.74, 6) is -1.52. The van der Waals surface area contributed by atoms with E-state index in [0.717, 1.165) is 6.42 Å². The number of hydrogen-bond acceptors (Lipinski definition) is 3. The second-order valence-electron chi connectivity index (χ2n) is 5.35. The molecule has 3 rings (SSSR count). The molecule has 4 nitrogen and oxygen atoms in total. The third-order valence-electron chi connectivity index (χ3n) is 4.01. The molecular weight excluding hydrogens is 297 g/mol. The molecule has 0 radical (unpaired) electrons. The van der Waals surface area contributed by atoms with E-state index in [1.54, 1.807) is 4.90 Å². The van der Waals surface area contributed by atoms with E-state index in [0.29, 0.717) is 39.1 Å². The monoisotopic (exact) mass is 313 g/mol. The minimum atomic E-state index is -0.585. The van der Waals surface area contributed by atoms with Crippen molar-refractivity contribution in [3.8, 4) is 0 Å². The average Bonchev–Trinajstić information content (AvgIpc) is 2.48. The Bertz CT molecular complexity index is 515. The summed E-state index contributed by atoms with van der Waals surface area (Å²) in [4.78, 5) is 14.0. The predicted octanol–water partition coefficient (Wildman–Crippen LogP) is 2.85. The van der Waals surface area contributed by atoms with Crippen LogP contribution in [0.4, 0.5) is 4.39 Å². The van der Waals surface area contributed by atoms with Crippen LogP contribution in [-0.2, 0) is 9.47 Å². The number of ether oxygens (including phenoxy) is 2. The van der Waals surface area contributed by atoms with Gasteiger partial charge in [-0.25, -0.2) is 4.39 Å². The third kappa shape index (κ3) is 2.91. The Labute approximate surface area is 127 Å². The predicted molar refractivity (Wildman–Crippen MR) is 75.8 cm³/mol. The Morgan fingerprint density at radius 2 is 1.90 bits per heavy atom. The molecule has 2 heterocycles. The number of nitrogens with zero attached hydrogens (tertiary/aromatic N) is 1. The van der Waals surface area contributed by atoms with Crippen LogP contribution in [0.2, 0.25) is 5.02 Å². The van der Waals surface area contributed by atoms with Gasteiger partial charge in [-0.2, -0.15) is 0 Å². The van der Waals surface area contributed by atoms with Gasteiger partial charge in [-0.3, -0.25) is 4.79 Å². The van der Waals surface area contributed by atoms with Crippen LogP contribution >= 0.6 is 11.6 Å². The van der Waals surface area contributed by atoms with Crippen LogP contribution in [0.25, 0.3) is 0 Å². The molecule has 0 atom stereocenters. The molecule has 2 aliphatic rings. The summed E-state index contributed by atoms with van der Waals surface area (Å²) in [5.41, 5.74) is -0.0550. The molecule has 0 N–H and O–H groups in total. The maximum absolute atomic E-state index is 13.8. The molecule has 1 spiro atoms. The van der Waals surface area contributed by atoms with E-state index in [4.69, 9.17) is 21.1 Å². The van der Waals surface area contributed by atoms with Gasteiger partial charge in [0.25, 0.3) is 5.91 Å². The van der Waals surface area contributed by atoms with Gasteiger partial charge in [0.2, 0.25) is 0 Å². The maximum atomic E-state index is 13.8.